The molecule has 1 N–H and O–H groups in total. The molecule has 0 radical (unpaired) electrons. The molecule has 5 aliphatic carbocycles. The molecular formula is C24H33N3O2S. The Bertz CT molecular complexity index is 844. The first-order valence-corrected chi connectivity index (χ1v) is 12.6. The maximum atomic E-state index is 12.9. The number of amides is 1. The largest absolute Gasteiger partial charge is 0.352 e. The van der Waals surface area contributed by atoms with Gasteiger partial charge in [-0.25, -0.2) is 9.97 Å². The molecule has 4 bridgehead atoms. The normalized spacial score (nSPS) is 32.8. The van der Waals surface area contributed by atoms with Gasteiger partial charge in [-0.2, -0.15) is 0 Å². The first-order chi connectivity index (χ1) is 14.3. The molecule has 1 aromatic rings. The fourth-order valence-corrected chi connectivity index (χ4v) is 7.82. The smallest absolute Gasteiger partial charge is 0.230 e. The van der Waals surface area contributed by atoms with Gasteiger partial charge in [-0.3, -0.25) is 9.59 Å². The summed E-state index contributed by atoms with van der Waals surface area (Å²) in [5, 5.41) is 4.01. The zero-order valence-corrected chi connectivity index (χ0v) is 19.2. The van der Waals surface area contributed by atoms with Gasteiger partial charge in [0.15, 0.2) is 5.78 Å². The summed E-state index contributed by atoms with van der Waals surface area (Å²) in [5.74, 6) is 4.24. The highest BCUT2D eigenvalue weighted by Gasteiger charge is 2.53. The summed E-state index contributed by atoms with van der Waals surface area (Å²) < 4.78 is 0. The monoisotopic (exact) mass is 427 g/mol. The Morgan fingerprint density at radius 1 is 1.10 bits per heavy atom. The minimum Gasteiger partial charge on any atom is -0.352 e. The molecule has 1 aromatic heterocycles. The molecule has 0 aromatic carbocycles. The number of carbonyl (C=O) groups is 2. The predicted octanol–water partition coefficient (Wildman–Crippen LogP) is 4.68. The van der Waals surface area contributed by atoms with E-state index >= 15 is 0 Å². The van der Waals surface area contributed by atoms with Crippen molar-refractivity contribution < 1.29 is 9.59 Å². The second-order valence-electron chi connectivity index (χ2n) is 10.5. The van der Waals surface area contributed by atoms with E-state index in [4.69, 9.17) is 0 Å². The van der Waals surface area contributed by atoms with Crippen LogP contribution in [0.4, 0.5) is 0 Å². The van der Waals surface area contributed by atoms with Crippen molar-refractivity contribution in [2.45, 2.75) is 89.1 Å². The molecule has 1 amide bonds. The summed E-state index contributed by atoms with van der Waals surface area (Å²) in [5.41, 5.74) is 1.63. The van der Waals surface area contributed by atoms with E-state index in [-0.39, 0.29) is 17.7 Å². The second-order valence-corrected chi connectivity index (χ2v) is 11.5. The van der Waals surface area contributed by atoms with Gasteiger partial charge in [-0.1, -0.05) is 11.8 Å². The van der Waals surface area contributed by atoms with Crippen LogP contribution in [0.5, 0.6) is 0 Å². The van der Waals surface area contributed by atoms with Gasteiger partial charge in [0.2, 0.25) is 5.91 Å². The third-order valence-electron chi connectivity index (χ3n) is 8.09. The van der Waals surface area contributed by atoms with E-state index in [0.717, 1.165) is 42.1 Å². The van der Waals surface area contributed by atoms with Gasteiger partial charge in [-0.05, 0) is 95.3 Å². The first-order valence-electron chi connectivity index (χ1n) is 11.6. The summed E-state index contributed by atoms with van der Waals surface area (Å²) in [4.78, 5) is 34.3. The molecular weight excluding hydrogens is 394 g/mol. The van der Waals surface area contributed by atoms with Gasteiger partial charge in [0, 0.05) is 12.0 Å². The number of ketones is 1. The Kier molecular flexibility index (Phi) is 5.19. The van der Waals surface area contributed by atoms with Gasteiger partial charge < -0.3 is 5.32 Å². The number of Topliss-reactive ketones (excluding diaryl/α,β-unsaturated/α-hetero) is 1. The Morgan fingerprint density at radius 2 is 1.70 bits per heavy atom. The van der Waals surface area contributed by atoms with Crippen molar-refractivity contribution in [2.24, 2.45) is 23.2 Å². The standard InChI is InChI=1S/C24H33N3O2S/c1-13-21(14(2)28)23(27-22(25-13)19-4-5-19)30-12-20(29)26-15(3)24-9-16-6-17(10-24)8-18(7-16)11-24/h15-19H,4-12H2,1-3H3,(H,26,29). The van der Waals surface area contributed by atoms with Crippen LogP contribution < -0.4 is 5.32 Å². The van der Waals surface area contributed by atoms with Crippen LogP contribution in [-0.2, 0) is 4.79 Å². The molecule has 162 valence electrons. The minimum atomic E-state index is -0.0281. The number of rotatable bonds is 7. The van der Waals surface area contributed by atoms with E-state index in [0.29, 0.717) is 27.7 Å². The highest BCUT2D eigenvalue weighted by atomic mass is 32.2. The van der Waals surface area contributed by atoms with Crippen LogP contribution in [0.1, 0.15) is 93.0 Å². The SMILES string of the molecule is CC(=O)c1c(C)nc(C2CC2)nc1SCC(=O)NC(C)C12CC3CC(CC(C3)C1)C2. The van der Waals surface area contributed by atoms with Gasteiger partial charge >= 0.3 is 0 Å². The van der Waals surface area contributed by atoms with Crippen molar-refractivity contribution in [3.63, 3.8) is 0 Å². The minimum absolute atomic E-state index is 0.0281. The summed E-state index contributed by atoms with van der Waals surface area (Å²) in [6, 6.07) is 0.223. The third kappa shape index (κ3) is 3.80. The number of aromatic nitrogens is 2. The summed E-state index contributed by atoms with van der Waals surface area (Å²) in [6.07, 6.45) is 10.4. The fourth-order valence-electron chi connectivity index (χ4n) is 6.88. The van der Waals surface area contributed by atoms with Crippen LogP contribution >= 0.6 is 11.8 Å². The molecule has 0 aliphatic heterocycles. The molecule has 0 spiro atoms. The van der Waals surface area contributed by atoms with E-state index < -0.39 is 0 Å². The lowest BCUT2D eigenvalue weighted by Gasteiger charge is -2.59. The molecule has 6 rings (SSSR count). The van der Waals surface area contributed by atoms with Gasteiger partial charge in [0.1, 0.15) is 10.9 Å². The van der Waals surface area contributed by atoms with Crippen molar-refractivity contribution in [1.29, 1.82) is 0 Å². The lowest BCUT2D eigenvalue weighted by molar-refractivity contribution is -0.123. The number of hydrogen-bond acceptors (Lipinski definition) is 5. The molecule has 5 nitrogen and oxygen atoms in total. The number of aryl methyl sites for hydroxylation is 1. The van der Waals surface area contributed by atoms with Crippen LogP contribution in [0.3, 0.4) is 0 Å². The Hall–Kier alpha value is -1.43. The van der Waals surface area contributed by atoms with Crippen molar-refractivity contribution in [2.75, 3.05) is 5.75 Å². The number of nitrogens with one attached hydrogen (secondary N) is 1. The van der Waals surface area contributed by atoms with Crippen molar-refractivity contribution >= 4 is 23.5 Å². The van der Waals surface area contributed by atoms with Crippen LogP contribution in [0.2, 0.25) is 0 Å². The van der Waals surface area contributed by atoms with E-state index in [1.807, 2.05) is 6.92 Å². The lowest BCUT2D eigenvalue weighted by Crippen LogP contribution is -2.56. The number of carbonyl (C=O) groups excluding carboxylic acids is 2. The molecule has 0 saturated heterocycles. The molecule has 1 atom stereocenters. The molecule has 5 aliphatic rings. The van der Waals surface area contributed by atoms with E-state index in [1.54, 1.807) is 6.92 Å². The summed E-state index contributed by atoms with van der Waals surface area (Å²) in [7, 11) is 0. The third-order valence-corrected chi connectivity index (χ3v) is 9.07. The first kappa shape index (κ1) is 20.5. The highest BCUT2D eigenvalue weighted by molar-refractivity contribution is 8.00. The maximum Gasteiger partial charge on any atom is 0.230 e. The van der Waals surface area contributed by atoms with E-state index in [2.05, 4.69) is 22.2 Å². The molecule has 5 fully saturated rings. The molecule has 30 heavy (non-hydrogen) atoms. The molecule has 5 saturated carbocycles. The fraction of sp³-hybridized carbons (Fsp3) is 0.750. The predicted molar refractivity (Wildman–Crippen MR) is 118 cm³/mol. The average molecular weight is 428 g/mol. The average Bonchev–Trinajstić information content (AvgIpc) is 3.49. The lowest BCUT2D eigenvalue weighted by atomic mass is 9.48. The van der Waals surface area contributed by atoms with Gasteiger partial charge in [0.25, 0.3) is 0 Å². The topological polar surface area (TPSA) is 72.0 Å². The summed E-state index contributed by atoms with van der Waals surface area (Å²) in [6.45, 7) is 5.65. The van der Waals surface area contributed by atoms with Crippen molar-refractivity contribution in [3.05, 3.63) is 17.1 Å². The van der Waals surface area contributed by atoms with E-state index in [9.17, 15) is 9.59 Å². The van der Waals surface area contributed by atoms with Crippen LogP contribution in [0.25, 0.3) is 0 Å². The number of nitrogens with zero attached hydrogens (tertiary/aromatic N) is 2. The Balaban J connectivity index is 1.25. The second kappa shape index (κ2) is 7.61. The van der Waals surface area contributed by atoms with Crippen LogP contribution in [0, 0.1) is 30.1 Å². The maximum absolute atomic E-state index is 12.9. The highest BCUT2D eigenvalue weighted by Crippen LogP contribution is 2.61. The number of thioether (sulfide) groups is 1. The zero-order chi connectivity index (χ0) is 21.0. The molecule has 6 heteroatoms. The van der Waals surface area contributed by atoms with Gasteiger partial charge in [0.05, 0.1) is 17.0 Å². The van der Waals surface area contributed by atoms with Crippen LogP contribution in [0.15, 0.2) is 5.03 Å². The van der Waals surface area contributed by atoms with Crippen molar-refractivity contribution in [3.8, 4) is 0 Å². The van der Waals surface area contributed by atoms with Crippen molar-refractivity contribution in [1.82, 2.24) is 15.3 Å². The van der Waals surface area contributed by atoms with Crippen LogP contribution in [-0.4, -0.2) is 33.5 Å². The zero-order valence-electron chi connectivity index (χ0n) is 18.4. The van der Waals surface area contributed by atoms with E-state index in [1.165, 1.54) is 50.3 Å². The molecule has 1 heterocycles. The molecule has 1 unspecified atom stereocenters. The Labute approximate surface area is 183 Å². The van der Waals surface area contributed by atoms with Gasteiger partial charge in [-0.15, -0.1) is 0 Å². The quantitative estimate of drug-likeness (QED) is 0.389. The Morgan fingerprint density at radius 3 is 2.23 bits per heavy atom. The summed E-state index contributed by atoms with van der Waals surface area (Å²) >= 11 is 1.39. The number of hydrogen-bond donors (Lipinski definition) is 1.